The Morgan fingerprint density at radius 2 is 1.96 bits per heavy atom. The lowest BCUT2D eigenvalue weighted by Gasteiger charge is -2.59. The highest BCUT2D eigenvalue weighted by molar-refractivity contribution is 5.78. The molecule has 0 amide bonds. The lowest BCUT2D eigenvalue weighted by Crippen LogP contribution is -2.51. The number of pyridine rings is 1. The third kappa shape index (κ3) is 2.24. The topological polar surface area (TPSA) is 33.1 Å². The normalized spacial score (nSPS) is 44.4. The molecule has 0 aromatic carbocycles. The van der Waals surface area contributed by atoms with Crippen LogP contribution in [-0.4, -0.2) is 16.2 Å². The molecule has 3 fully saturated rings. The van der Waals surface area contributed by atoms with Crippen molar-refractivity contribution in [1.29, 1.82) is 0 Å². The number of fused-ring (bicyclic) bond motifs is 5. The zero-order valence-electron chi connectivity index (χ0n) is 16.1. The average molecular weight is 350 g/mol. The third-order valence-corrected chi connectivity index (χ3v) is 8.65. The number of allylic oxidation sites excluding steroid dienone is 4. The largest absolute Gasteiger partial charge is 0.393 e. The second-order valence-electron chi connectivity index (χ2n) is 9.74. The lowest BCUT2D eigenvalue weighted by atomic mass is 9.46. The number of nitrogens with zero attached hydrogens (tertiary/aromatic N) is 1. The second-order valence-corrected chi connectivity index (χ2v) is 9.74. The van der Waals surface area contributed by atoms with Crippen molar-refractivity contribution in [1.82, 2.24) is 4.98 Å². The SMILES string of the molecule is CC12CCC3C(CCC4CC(O)CCC43C)C1=CC=C2c1cccnc1. The van der Waals surface area contributed by atoms with Crippen LogP contribution in [0.4, 0.5) is 0 Å². The maximum Gasteiger partial charge on any atom is 0.0543 e. The van der Waals surface area contributed by atoms with Crippen LogP contribution in [0.1, 0.15) is 64.4 Å². The maximum atomic E-state index is 10.2. The summed E-state index contributed by atoms with van der Waals surface area (Å²) in [4.78, 5) is 4.36. The van der Waals surface area contributed by atoms with E-state index in [1.165, 1.54) is 43.2 Å². The highest BCUT2D eigenvalue weighted by Crippen LogP contribution is 2.66. The van der Waals surface area contributed by atoms with Gasteiger partial charge in [0.1, 0.15) is 0 Å². The van der Waals surface area contributed by atoms with Crippen LogP contribution in [0.15, 0.2) is 42.3 Å². The molecule has 1 aromatic rings. The molecule has 26 heavy (non-hydrogen) atoms. The van der Waals surface area contributed by atoms with Crippen LogP contribution in [-0.2, 0) is 0 Å². The number of hydrogen-bond acceptors (Lipinski definition) is 2. The Balaban J connectivity index is 1.46. The second kappa shape index (κ2) is 5.79. The first-order valence-corrected chi connectivity index (χ1v) is 10.5. The van der Waals surface area contributed by atoms with Gasteiger partial charge in [0.25, 0.3) is 0 Å². The minimum atomic E-state index is -0.0528. The minimum absolute atomic E-state index is 0.0528. The Labute approximate surface area is 157 Å². The smallest absolute Gasteiger partial charge is 0.0543 e. The van der Waals surface area contributed by atoms with Gasteiger partial charge in [0.15, 0.2) is 0 Å². The van der Waals surface area contributed by atoms with E-state index >= 15 is 0 Å². The van der Waals surface area contributed by atoms with Crippen molar-refractivity contribution in [3.05, 3.63) is 47.8 Å². The van der Waals surface area contributed by atoms with Gasteiger partial charge in [-0.2, -0.15) is 0 Å². The standard InChI is InChI=1S/C24H31NO/c1-23-11-9-18(26)14-17(23)5-6-19-21-8-7-20(16-4-3-13-25-15-16)24(21,2)12-10-22(19)23/h3-4,7-8,13,15,17-19,22,26H,5-6,9-12,14H2,1-2H3. The molecule has 138 valence electrons. The van der Waals surface area contributed by atoms with Crippen LogP contribution in [0.25, 0.3) is 5.57 Å². The number of aliphatic hydroxyl groups excluding tert-OH is 1. The Bertz CT molecular complexity index is 766. The van der Waals surface area contributed by atoms with E-state index in [2.05, 4.69) is 43.1 Å². The van der Waals surface area contributed by atoms with E-state index in [0.717, 1.165) is 30.6 Å². The van der Waals surface area contributed by atoms with Gasteiger partial charge in [0.2, 0.25) is 0 Å². The third-order valence-electron chi connectivity index (χ3n) is 8.65. The van der Waals surface area contributed by atoms with Gasteiger partial charge >= 0.3 is 0 Å². The van der Waals surface area contributed by atoms with Crippen molar-refractivity contribution in [3.63, 3.8) is 0 Å². The van der Waals surface area contributed by atoms with Crippen molar-refractivity contribution in [2.75, 3.05) is 0 Å². The predicted molar refractivity (Wildman–Crippen MR) is 105 cm³/mol. The van der Waals surface area contributed by atoms with Crippen molar-refractivity contribution in [3.8, 4) is 0 Å². The molecular formula is C24H31NO. The fourth-order valence-electron chi connectivity index (χ4n) is 7.17. The predicted octanol–water partition coefficient (Wildman–Crippen LogP) is 5.40. The molecule has 0 bridgehead atoms. The van der Waals surface area contributed by atoms with Gasteiger partial charge in [-0.3, -0.25) is 4.98 Å². The molecule has 4 aliphatic carbocycles. The van der Waals surface area contributed by atoms with Crippen LogP contribution >= 0.6 is 0 Å². The van der Waals surface area contributed by atoms with E-state index in [1.807, 2.05) is 12.4 Å². The molecule has 0 spiro atoms. The Morgan fingerprint density at radius 3 is 2.77 bits per heavy atom. The van der Waals surface area contributed by atoms with Gasteiger partial charge in [-0.25, -0.2) is 0 Å². The maximum absolute atomic E-state index is 10.2. The summed E-state index contributed by atoms with van der Waals surface area (Å²) < 4.78 is 0. The van der Waals surface area contributed by atoms with Gasteiger partial charge in [-0.15, -0.1) is 0 Å². The number of aliphatic hydroxyl groups is 1. The van der Waals surface area contributed by atoms with E-state index in [9.17, 15) is 5.11 Å². The molecule has 0 radical (unpaired) electrons. The van der Waals surface area contributed by atoms with E-state index in [-0.39, 0.29) is 11.5 Å². The van der Waals surface area contributed by atoms with Crippen molar-refractivity contribution >= 4 is 5.57 Å². The first-order valence-electron chi connectivity index (χ1n) is 10.5. The Morgan fingerprint density at radius 1 is 1.08 bits per heavy atom. The summed E-state index contributed by atoms with van der Waals surface area (Å²) in [6.07, 6.45) is 17.1. The average Bonchev–Trinajstić information content (AvgIpc) is 3.00. The summed E-state index contributed by atoms with van der Waals surface area (Å²) in [7, 11) is 0. The van der Waals surface area contributed by atoms with Gasteiger partial charge in [-0.1, -0.05) is 37.6 Å². The molecule has 3 saturated carbocycles. The van der Waals surface area contributed by atoms with Gasteiger partial charge < -0.3 is 5.11 Å². The highest BCUT2D eigenvalue weighted by atomic mass is 16.3. The summed E-state index contributed by atoms with van der Waals surface area (Å²) in [5.41, 5.74) is 5.09. The minimum Gasteiger partial charge on any atom is -0.393 e. The molecule has 6 atom stereocenters. The molecule has 1 heterocycles. The van der Waals surface area contributed by atoms with Gasteiger partial charge in [-0.05, 0) is 85.3 Å². The number of aromatic nitrogens is 1. The first kappa shape index (κ1) is 16.7. The molecule has 2 nitrogen and oxygen atoms in total. The summed E-state index contributed by atoms with van der Waals surface area (Å²) >= 11 is 0. The monoisotopic (exact) mass is 349 g/mol. The quantitative estimate of drug-likeness (QED) is 0.736. The molecule has 6 unspecified atom stereocenters. The van der Waals surface area contributed by atoms with Crippen LogP contribution in [0.5, 0.6) is 0 Å². The van der Waals surface area contributed by atoms with Crippen LogP contribution < -0.4 is 0 Å². The lowest BCUT2D eigenvalue weighted by molar-refractivity contribution is -0.0784. The van der Waals surface area contributed by atoms with Crippen LogP contribution in [0.3, 0.4) is 0 Å². The van der Waals surface area contributed by atoms with E-state index in [1.54, 1.807) is 5.57 Å². The van der Waals surface area contributed by atoms with Crippen molar-refractivity contribution < 1.29 is 5.11 Å². The number of rotatable bonds is 1. The Hall–Kier alpha value is -1.41. The van der Waals surface area contributed by atoms with Crippen molar-refractivity contribution in [2.24, 2.45) is 28.6 Å². The van der Waals surface area contributed by atoms with Gasteiger partial charge in [0.05, 0.1) is 6.10 Å². The van der Waals surface area contributed by atoms with E-state index < -0.39 is 0 Å². The molecule has 2 heteroatoms. The summed E-state index contributed by atoms with van der Waals surface area (Å²) in [6, 6.07) is 4.27. The highest BCUT2D eigenvalue weighted by Gasteiger charge is 2.56. The van der Waals surface area contributed by atoms with Crippen LogP contribution in [0.2, 0.25) is 0 Å². The van der Waals surface area contributed by atoms with Crippen LogP contribution in [0, 0.1) is 28.6 Å². The fraction of sp³-hybridized carbons (Fsp3) is 0.625. The van der Waals surface area contributed by atoms with Gasteiger partial charge in [0, 0.05) is 17.8 Å². The molecule has 1 N–H and O–H groups in total. The first-order chi connectivity index (χ1) is 12.5. The van der Waals surface area contributed by atoms with Crippen molar-refractivity contribution in [2.45, 2.75) is 64.9 Å². The molecule has 0 aliphatic heterocycles. The fourth-order valence-corrected chi connectivity index (χ4v) is 7.17. The summed E-state index contributed by atoms with van der Waals surface area (Å²) in [5, 5.41) is 10.2. The van der Waals surface area contributed by atoms with E-state index in [4.69, 9.17) is 0 Å². The zero-order valence-corrected chi connectivity index (χ0v) is 16.1. The molecule has 1 aromatic heterocycles. The molecule has 5 rings (SSSR count). The molecular weight excluding hydrogens is 318 g/mol. The molecule has 4 aliphatic rings. The van der Waals surface area contributed by atoms with E-state index in [0.29, 0.717) is 5.41 Å². The number of hydrogen-bond donors (Lipinski definition) is 1. The summed E-state index contributed by atoms with van der Waals surface area (Å²) in [5.74, 6) is 2.26. The summed E-state index contributed by atoms with van der Waals surface area (Å²) in [6.45, 7) is 5.02. The Kier molecular flexibility index (Phi) is 3.73. The molecule has 0 saturated heterocycles. The zero-order chi connectivity index (χ0) is 17.9.